The molecule has 1 spiro atoms. The molecule has 0 bridgehead atoms. The van der Waals surface area contributed by atoms with Gasteiger partial charge in [-0.05, 0) is 41.3 Å². The molecule has 23 heavy (non-hydrogen) atoms. The number of halogens is 2. The smallest absolute Gasteiger partial charge is 0.223 e. The van der Waals surface area contributed by atoms with Gasteiger partial charge in [0, 0.05) is 16.6 Å². The third kappa shape index (κ3) is 2.53. The van der Waals surface area contributed by atoms with Crippen molar-refractivity contribution in [3.8, 4) is 0 Å². The van der Waals surface area contributed by atoms with Crippen LogP contribution in [-0.2, 0) is 15.1 Å². The van der Waals surface area contributed by atoms with Crippen LogP contribution in [0.1, 0.15) is 35.6 Å². The molecule has 2 aromatic carbocycles. The summed E-state index contributed by atoms with van der Waals surface area (Å²) in [6, 6.07) is 13.5. The first-order valence-electron chi connectivity index (χ1n) is 7.57. The molecule has 2 aliphatic rings. The quantitative estimate of drug-likeness (QED) is 0.838. The molecule has 118 valence electrons. The Bertz CT molecular complexity index is 772. The molecule has 2 aromatic rings. The molecule has 2 heterocycles. The Hall–Kier alpha value is -1.55. The predicted molar refractivity (Wildman–Crippen MR) is 89.8 cm³/mol. The third-order valence-electron chi connectivity index (χ3n) is 4.56. The van der Waals surface area contributed by atoms with Gasteiger partial charge in [0.2, 0.25) is 5.91 Å². The van der Waals surface area contributed by atoms with Crippen LogP contribution in [0.15, 0.2) is 42.5 Å². The number of nitrogens with one attached hydrogen (secondary N) is 1. The lowest BCUT2D eigenvalue weighted by molar-refractivity contribution is -0.137. The number of piperidine rings is 1. The summed E-state index contributed by atoms with van der Waals surface area (Å²) in [5.74, 6) is 0.0239. The zero-order valence-electron chi connectivity index (χ0n) is 12.3. The maximum Gasteiger partial charge on any atom is 0.223 e. The van der Waals surface area contributed by atoms with E-state index in [9.17, 15) is 4.79 Å². The van der Waals surface area contributed by atoms with Crippen molar-refractivity contribution >= 4 is 29.1 Å². The Kier molecular flexibility index (Phi) is 3.60. The summed E-state index contributed by atoms with van der Waals surface area (Å²) in [6.07, 6.45) is 0.850. The molecule has 0 radical (unpaired) electrons. The molecule has 0 aromatic heterocycles. The summed E-state index contributed by atoms with van der Waals surface area (Å²) in [5, 5.41) is 4.03. The molecule has 2 atom stereocenters. The predicted octanol–water partition coefficient (Wildman–Crippen LogP) is 4.22. The molecule has 5 heteroatoms. The van der Waals surface area contributed by atoms with E-state index in [4.69, 9.17) is 27.9 Å². The number of hydrogen-bond acceptors (Lipinski definition) is 2. The Morgan fingerprint density at radius 1 is 1.13 bits per heavy atom. The number of carbonyl (C=O) groups excluding carboxylic acids is 1. The fourth-order valence-corrected chi connectivity index (χ4v) is 4.15. The van der Waals surface area contributed by atoms with E-state index in [2.05, 4.69) is 17.4 Å². The highest BCUT2D eigenvalue weighted by Crippen LogP contribution is 2.51. The van der Waals surface area contributed by atoms with Gasteiger partial charge >= 0.3 is 0 Å². The molecule has 1 saturated heterocycles. The highest BCUT2D eigenvalue weighted by molar-refractivity contribution is 6.34. The Morgan fingerprint density at radius 2 is 1.87 bits per heavy atom. The van der Waals surface area contributed by atoms with Gasteiger partial charge in [0.25, 0.3) is 0 Å². The maximum atomic E-state index is 12.0. The second-order valence-corrected chi connectivity index (χ2v) is 6.93. The molecule has 0 saturated carbocycles. The standard InChI is InChI=1S/C18H15Cl2NO2/c19-12-7-11(8-13(20)9-12)17-14-3-1-2-4-15(14)18(23-17)5-6-21-16(22)10-18/h1-4,7-9,17H,5-6,10H2,(H,21,22). The summed E-state index contributed by atoms with van der Waals surface area (Å²) in [4.78, 5) is 12.0. The highest BCUT2D eigenvalue weighted by Gasteiger charge is 2.48. The molecular weight excluding hydrogens is 333 g/mol. The lowest BCUT2D eigenvalue weighted by Crippen LogP contribution is -2.43. The van der Waals surface area contributed by atoms with E-state index in [1.54, 1.807) is 6.07 Å². The summed E-state index contributed by atoms with van der Waals surface area (Å²) in [5.41, 5.74) is 2.53. The summed E-state index contributed by atoms with van der Waals surface area (Å²) in [7, 11) is 0. The second-order valence-electron chi connectivity index (χ2n) is 6.06. The number of ether oxygens (including phenoxy) is 1. The molecule has 1 fully saturated rings. The van der Waals surface area contributed by atoms with Gasteiger partial charge in [-0.15, -0.1) is 0 Å². The van der Waals surface area contributed by atoms with Gasteiger partial charge in [-0.2, -0.15) is 0 Å². The van der Waals surface area contributed by atoms with E-state index in [0.29, 0.717) is 23.0 Å². The fourth-order valence-electron chi connectivity index (χ4n) is 3.61. The Balaban J connectivity index is 1.83. The first-order chi connectivity index (χ1) is 11.1. The van der Waals surface area contributed by atoms with Gasteiger partial charge in [0.15, 0.2) is 0 Å². The van der Waals surface area contributed by atoms with Gasteiger partial charge in [0.1, 0.15) is 11.7 Å². The van der Waals surface area contributed by atoms with E-state index < -0.39 is 5.60 Å². The van der Waals surface area contributed by atoms with Crippen molar-refractivity contribution in [2.45, 2.75) is 24.5 Å². The van der Waals surface area contributed by atoms with Crippen molar-refractivity contribution in [2.24, 2.45) is 0 Å². The number of hydrogen-bond donors (Lipinski definition) is 1. The van der Waals surface area contributed by atoms with Crippen molar-refractivity contribution in [1.29, 1.82) is 0 Å². The number of carbonyl (C=O) groups is 1. The number of rotatable bonds is 1. The van der Waals surface area contributed by atoms with Crippen LogP contribution in [0.2, 0.25) is 10.0 Å². The van der Waals surface area contributed by atoms with Crippen LogP contribution < -0.4 is 5.32 Å². The van der Waals surface area contributed by atoms with Crippen LogP contribution in [0.3, 0.4) is 0 Å². The maximum absolute atomic E-state index is 12.0. The first kappa shape index (κ1) is 15.0. The van der Waals surface area contributed by atoms with Gasteiger partial charge in [-0.25, -0.2) is 0 Å². The van der Waals surface area contributed by atoms with E-state index in [1.807, 2.05) is 24.3 Å². The summed E-state index contributed by atoms with van der Waals surface area (Å²) in [6.45, 7) is 0.621. The first-order valence-corrected chi connectivity index (χ1v) is 8.33. The zero-order chi connectivity index (χ0) is 16.0. The average molecular weight is 348 g/mol. The van der Waals surface area contributed by atoms with Gasteiger partial charge < -0.3 is 10.1 Å². The van der Waals surface area contributed by atoms with Crippen molar-refractivity contribution < 1.29 is 9.53 Å². The number of amides is 1. The fraction of sp³-hybridized carbons (Fsp3) is 0.278. The number of benzene rings is 2. The van der Waals surface area contributed by atoms with Crippen LogP contribution in [0, 0.1) is 0 Å². The normalized spacial score (nSPS) is 26.2. The van der Waals surface area contributed by atoms with Crippen molar-refractivity contribution in [3.63, 3.8) is 0 Å². The molecule has 0 aliphatic carbocycles. The van der Waals surface area contributed by atoms with Gasteiger partial charge in [-0.3, -0.25) is 4.79 Å². The monoisotopic (exact) mass is 347 g/mol. The molecule has 4 rings (SSSR count). The minimum atomic E-state index is -0.557. The van der Waals surface area contributed by atoms with Crippen molar-refractivity contribution in [3.05, 3.63) is 69.2 Å². The minimum absolute atomic E-state index is 0.0239. The van der Waals surface area contributed by atoms with Crippen molar-refractivity contribution in [1.82, 2.24) is 5.32 Å². The highest BCUT2D eigenvalue weighted by atomic mass is 35.5. The zero-order valence-corrected chi connectivity index (χ0v) is 13.8. The lowest BCUT2D eigenvalue weighted by atomic mass is 9.83. The summed E-state index contributed by atoms with van der Waals surface area (Å²) >= 11 is 12.3. The van der Waals surface area contributed by atoms with Crippen LogP contribution in [0.25, 0.3) is 0 Å². The van der Waals surface area contributed by atoms with Gasteiger partial charge in [0.05, 0.1) is 6.42 Å². The molecule has 1 N–H and O–H groups in total. The molecule has 2 unspecified atom stereocenters. The Labute approximate surface area is 144 Å². The van der Waals surface area contributed by atoms with Gasteiger partial charge in [-0.1, -0.05) is 47.5 Å². The molecule has 3 nitrogen and oxygen atoms in total. The van der Waals surface area contributed by atoms with Crippen LogP contribution >= 0.6 is 23.2 Å². The van der Waals surface area contributed by atoms with Crippen LogP contribution in [-0.4, -0.2) is 12.5 Å². The lowest BCUT2D eigenvalue weighted by Gasteiger charge is -2.34. The SMILES string of the molecule is O=C1CC2(CCN1)OC(c1cc(Cl)cc(Cl)c1)c1ccccc12. The topological polar surface area (TPSA) is 38.3 Å². The van der Waals surface area contributed by atoms with Crippen LogP contribution in [0.5, 0.6) is 0 Å². The van der Waals surface area contributed by atoms with Crippen molar-refractivity contribution in [2.75, 3.05) is 6.54 Å². The average Bonchev–Trinajstić information content (AvgIpc) is 2.81. The molecule has 2 aliphatic heterocycles. The van der Waals surface area contributed by atoms with E-state index in [1.165, 1.54) is 0 Å². The van der Waals surface area contributed by atoms with Crippen LogP contribution in [0.4, 0.5) is 0 Å². The number of fused-ring (bicyclic) bond motifs is 2. The minimum Gasteiger partial charge on any atom is -0.357 e. The second kappa shape index (κ2) is 5.52. The Morgan fingerprint density at radius 3 is 2.61 bits per heavy atom. The van der Waals surface area contributed by atoms with E-state index in [0.717, 1.165) is 23.1 Å². The largest absolute Gasteiger partial charge is 0.357 e. The summed E-state index contributed by atoms with van der Waals surface area (Å²) < 4.78 is 6.45. The van der Waals surface area contributed by atoms with E-state index >= 15 is 0 Å². The van der Waals surface area contributed by atoms with E-state index in [-0.39, 0.29) is 12.0 Å². The third-order valence-corrected chi connectivity index (χ3v) is 5.00. The molecular formula is C18H15Cl2NO2. The molecule has 1 amide bonds.